The van der Waals surface area contributed by atoms with Crippen LogP contribution in [0, 0.1) is 5.82 Å². The van der Waals surface area contributed by atoms with Gasteiger partial charge in [-0.25, -0.2) is 12.8 Å². The van der Waals surface area contributed by atoms with E-state index in [0.29, 0.717) is 5.75 Å². The Kier molecular flexibility index (Phi) is 4.77. The number of ether oxygens (including phenoxy) is 2. The fraction of sp³-hybridized carbons (Fsp3) is 0.143. The Bertz CT molecular complexity index is 778. The van der Waals surface area contributed by atoms with E-state index in [4.69, 9.17) is 21.1 Å². The first-order valence-electron chi connectivity index (χ1n) is 6.07. The highest BCUT2D eigenvalue weighted by atomic mass is 35.5. The molecule has 0 spiro atoms. The van der Waals surface area contributed by atoms with E-state index >= 15 is 0 Å². The fourth-order valence-corrected chi connectivity index (χ4v) is 3.06. The number of sulfonamides is 1. The molecule has 0 radical (unpaired) electrons. The van der Waals surface area contributed by atoms with E-state index < -0.39 is 15.8 Å². The zero-order chi connectivity index (χ0) is 16.3. The van der Waals surface area contributed by atoms with Gasteiger partial charge in [-0.2, -0.15) is 0 Å². The molecule has 2 aromatic rings. The number of methoxy groups -OCH3 is 2. The van der Waals surface area contributed by atoms with Crippen LogP contribution in [0.15, 0.2) is 41.3 Å². The van der Waals surface area contributed by atoms with Crippen molar-refractivity contribution in [2.24, 2.45) is 0 Å². The number of hydrogen-bond donors (Lipinski definition) is 1. The summed E-state index contributed by atoms with van der Waals surface area (Å²) in [6.07, 6.45) is 0. The van der Waals surface area contributed by atoms with Gasteiger partial charge in [0.05, 0.1) is 29.8 Å². The predicted octanol–water partition coefficient (Wildman–Crippen LogP) is 3.30. The maximum Gasteiger partial charge on any atom is 0.262 e. The third-order valence-corrected chi connectivity index (χ3v) is 4.52. The second kappa shape index (κ2) is 6.41. The first-order chi connectivity index (χ1) is 10.4. The van der Waals surface area contributed by atoms with Crippen LogP contribution in [0.3, 0.4) is 0 Å². The normalized spacial score (nSPS) is 11.1. The van der Waals surface area contributed by atoms with E-state index in [0.717, 1.165) is 24.3 Å². The van der Waals surface area contributed by atoms with Gasteiger partial charge in [-0.05, 0) is 30.3 Å². The molecule has 2 rings (SSSR count). The van der Waals surface area contributed by atoms with Crippen molar-refractivity contribution >= 4 is 27.3 Å². The lowest BCUT2D eigenvalue weighted by molar-refractivity contribution is 0.396. The van der Waals surface area contributed by atoms with E-state index in [1.54, 1.807) is 0 Å². The summed E-state index contributed by atoms with van der Waals surface area (Å²) in [6, 6.07) is 7.29. The smallest absolute Gasteiger partial charge is 0.262 e. The van der Waals surface area contributed by atoms with Crippen LogP contribution in [0.5, 0.6) is 11.5 Å². The average Bonchev–Trinajstić information content (AvgIpc) is 2.47. The summed E-state index contributed by atoms with van der Waals surface area (Å²) in [7, 11) is -1.07. The molecule has 0 bridgehead atoms. The summed E-state index contributed by atoms with van der Waals surface area (Å²) < 4.78 is 50.0. The van der Waals surface area contributed by atoms with Gasteiger partial charge in [0.2, 0.25) is 0 Å². The van der Waals surface area contributed by atoms with Crippen molar-refractivity contribution in [3.05, 3.63) is 47.2 Å². The molecule has 2 aromatic carbocycles. The Morgan fingerprint density at radius 2 is 1.64 bits per heavy atom. The highest BCUT2D eigenvalue weighted by Crippen LogP contribution is 2.36. The van der Waals surface area contributed by atoms with Gasteiger partial charge in [-0.1, -0.05) is 11.6 Å². The summed E-state index contributed by atoms with van der Waals surface area (Å²) in [5.74, 6) is 0.0687. The molecule has 0 amide bonds. The summed E-state index contributed by atoms with van der Waals surface area (Å²) in [4.78, 5) is -0.0807. The van der Waals surface area contributed by atoms with Crippen molar-refractivity contribution in [3.63, 3.8) is 0 Å². The van der Waals surface area contributed by atoms with Gasteiger partial charge in [-0.15, -0.1) is 0 Å². The fourth-order valence-electron chi connectivity index (χ4n) is 1.76. The van der Waals surface area contributed by atoms with E-state index in [9.17, 15) is 12.8 Å². The van der Waals surface area contributed by atoms with Gasteiger partial charge in [0.15, 0.2) is 0 Å². The molecule has 22 heavy (non-hydrogen) atoms. The van der Waals surface area contributed by atoms with Crippen LogP contribution in [-0.4, -0.2) is 22.6 Å². The summed E-state index contributed by atoms with van der Waals surface area (Å²) in [6.45, 7) is 0. The van der Waals surface area contributed by atoms with E-state index in [1.165, 1.54) is 26.4 Å². The van der Waals surface area contributed by atoms with Crippen molar-refractivity contribution in [2.75, 3.05) is 18.9 Å². The Morgan fingerprint density at radius 1 is 1.05 bits per heavy atom. The highest BCUT2D eigenvalue weighted by Gasteiger charge is 2.18. The first kappa shape index (κ1) is 16.4. The molecule has 0 atom stereocenters. The molecule has 0 fully saturated rings. The second-order valence-corrected chi connectivity index (χ2v) is 6.34. The molecule has 0 heterocycles. The average molecular weight is 346 g/mol. The third kappa shape index (κ3) is 3.42. The highest BCUT2D eigenvalue weighted by molar-refractivity contribution is 7.92. The topological polar surface area (TPSA) is 64.6 Å². The minimum Gasteiger partial charge on any atom is -0.495 e. The number of nitrogens with one attached hydrogen (secondary N) is 1. The van der Waals surface area contributed by atoms with Crippen LogP contribution in [0.25, 0.3) is 0 Å². The van der Waals surface area contributed by atoms with Crippen molar-refractivity contribution in [3.8, 4) is 11.5 Å². The lowest BCUT2D eigenvalue weighted by Crippen LogP contribution is -2.13. The molecule has 0 aliphatic heterocycles. The first-order valence-corrected chi connectivity index (χ1v) is 7.93. The van der Waals surface area contributed by atoms with Gasteiger partial charge in [0.25, 0.3) is 10.0 Å². The van der Waals surface area contributed by atoms with Crippen LogP contribution in [-0.2, 0) is 10.0 Å². The van der Waals surface area contributed by atoms with Gasteiger partial charge in [0.1, 0.15) is 17.3 Å². The Morgan fingerprint density at radius 3 is 2.18 bits per heavy atom. The lowest BCUT2D eigenvalue weighted by Gasteiger charge is -2.14. The van der Waals surface area contributed by atoms with Crippen LogP contribution >= 0.6 is 11.6 Å². The molecular weight excluding hydrogens is 333 g/mol. The standard InChI is InChI=1S/C14H13ClFNO4S/c1-20-13-8-14(21-2)12(7-11(13)15)17-22(18,19)10-5-3-9(16)4-6-10/h3-8,17H,1-2H3. The number of benzene rings is 2. The lowest BCUT2D eigenvalue weighted by atomic mass is 10.3. The van der Waals surface area contributed by atoms with E-state index in [2.05, 4.69) is 4.72 Å². The molecule has 1 N–H and O–H groups in total. The number of halogens is 2. The molecule has 0 saturated carbocycles. The van der Waals surface area contributed by atoms with E-state index in [-0.39, 0.29) is 21.4 Å². The molecule has 0 aliphatic rings. The SMILES string of the molecule is COc1cc(OC)c(NS(=O)(=O)c2ccc(F)cc2)cc1Cl. The Labute approximate surface area is 132 Å². The van der Waals surface area contributed by atoms with Crippen LogP contribution in [0.4, 0.5) is 10.1 Å². The monoisotopic (exact) mass is 345 g/mol. The molecule has 0 unspecified atom stereocenters. The van der Waals surface area contributed by atoms with Crippen LogP contribution < -0.4 is 14.2 Å². The van der Waals surface area contributed by atoms with Crippen molar-refractivity contribution in [1.29, 1.82) is 0 Å². The molecule has 8 heteroatoms. The van der Waals surface area contributed by atoms with Crippen molar-refractivity contribution in [1.82, 2.24) is 0 Å². The maximum atomic E-state index is 12.9. The molecule has 0 saturated heterocycles. The summed E-state index contributed by atoms with van der Waals surface area (Å²) >= 11 is 5.99. The van der Waals surface area contributed by atoms with Crippen molar-refractivity contribution in [2.45, 2.75) is 4.90 Å². The molecule has 0 aliphatic carbocycles. The van der Waals surface area contributed by atoms with E-state index in [1.807, 2.05) is 0 Å². The molecule has 5 nitrogen and oxygen atoms in total. The van der Waals surface area contributed by atoms with Crippen LogP contribution in [0.1, 0.15) is 0 Å². The molecular formula is C14H13ClFNO4S. The molecule has 0 aromatic heterocycles. The quantitative estimate of drug-likeness (QED) is 0.903. The number of rotatable bonds is 5. The van der Waals surface area contributed by atoms with Gasteiger partial charge in [-0.3, -0.25) is 4.72 Å². The largest absolute Gasteiger partial charge is 0.495 e. The van der Waals surface area contributed by atoms with Crippen LogP contribution in [0.2, 0.25) is 5.02 Å². The second-order valence-electron chi connectivity index (χ2n) is 4.25. The Balaban J connectivity index is 2.41. The predicted molar refractivity (Wildman–Crippen MR) is 81.8 cm³/mol. The zero-order valence-corrected chi connectivity index (χ0v) is 13.3. The van der Waals surface area contributed by atoms with Gasteiger partial charge in [0, 0.05) is 6.07 Å². The minimum atomic E-state index is -3.90. The van der Waals surface area contributed by atoms with Gasteiger partial charge < -0.3 is 9.47 Å². The number of anilines is 1. The Hall–Kier alpha value is -1.99. The maximum absolute atomic E-state index is 12.9. The summed E-state index contributed by atoms with van der Waals surface area (Å²) in [5, 5.41) is 0.222. The van der Waals surface area contributed by atoms with Gasteiger partial charge >= 0.3 is 0 Å². The zero-order valence-electron chi connectivity index (χ0n) is 11.8. The van der Waals surface area contributed by atoms with Crippen molar-refractivity contribution < 1.29 is 22.3 Å². The summed E-state index contributed by atoms with van der Waals surface area (Å²) in [5.41, 5.74) is 0.151. The number of hydrogen-bond acceptors (Lipinski definition) is 4. The minimum absolute atomic E-state index is 0.0807. The molecule has 118 valence electrons. The third-order valence-electron chi connectivity index (χ3n) is 2.84.